The lowest BCUT2D eigenvalue weighted by Crippen LogP contribution is -2.71. The van der Waals surface area contributed by atoms with Gasteiger partial charge in [0.1, 0.15) is 0 Å². The quantitative estimate of drug-likeness (QED) is 0.668. The second-order valence-corrected chi connectivity index (χ2v) is 6.09. The van der Waals surface area contributed by atoms with E-state index < -0.39 is 0 Å². The smallest absolute Gasteiger partial charge is 0.237 e. The van der Waals surface area contributed by atoms with Gasteiger partial charge >= 0.3 is 0 Å². The van der Waals surface area contributed by atoms with Gasteiger partial charge in [0, 0.05) is 25.2 Å². The van der Waals surface area contributed by atoms with Gasteiger partial charge in [0.2, 0.25) is 5.91 Å². The van der Waals surface area contributed by atoms with Crippen molar-refractivity contribution in [1.82, 2.24) is 10.2 Å². The molecule has 0 radical (unpaired) electrons. The van der Waals surface area contributed by atoms with Crippen molar-refractivity contribution in [2.75, 3.05) is 19.6 Å². The molecule has 1 unspecified atom stereocenters. The van der Waals surface area contributed by atoms with E-state index in [0.29, 0.717) is 5.92 Å². The molecule has 2 fully saturated rings. The van der Waals surface area contributed by atoms with E-state index in [1.165, 1.54) is 25.7 Å². The number of likely N-dealkylation sites (tertiary alicyclic amines) is 1. The van der Waals surface area contributed by atoms with E-state index in [1.807, 2.05) is 6.92 Å². The Kier molecular flexibility index (Phi) is 4.28. The van der Waals surface area contributed by atoms with Crippen LogP contribution < -0.4 is 11.1 Å². The molecule has 2 aliphatic rings. The molecule has 1 atom stereocenters. The summed E-state index contributed by atoms with van der Waals surface area (Å²) in [6.07, 6.45) is 6.02. The van der Waals surface area contributed by atoms with Crippen LogP contribution in [0, 0.1) is 5.92 Å². The second kappa shape index (κ2) is 5.57. The van der Waals surface area contributed by atoms with E-state index in [2.05, 4.69) is 17.1 Å². The molecule has 4 heteroatoms. The molecule has 1 aliphatic heterocycles. The van der Waals surface area contributed by atoms with E-state index in [9.17, 15) is 4.79 Å². The number of carbonyl (C=O) groups is 1. The Labute approximate surface area is 110 Å². The van der Waals surface area contributed by atoms with Crippen LogP contribution in [0.2, 0.25) is 0 Å². The van der Waals surface area contributed by atoms with E-state index in [0.717, 1.165) is 26.1 Å². The molecule has 18 heavy (non-hydrogen) atoms. The van der Waals surface area contributed by atoms with Gasteiger partial charge in [0.05, 0.1) is 6.04 Å². The van der Waals surface area contributed by atoms with Gasteiger partial charge in [0.15, 0.2) is 0 Å². The molecule has 3 N–H and O–H groups in total. The second-order valence-electron chi connectivity index (χ2n) is 6.09. The minimum absolute atomic E-state index is 0.0107. The molecular formula is C14H27N3O. The van der Waals surface area contributed by atoms with Crippen molar-refractivity contribution in [3.05, 3.63) is 0 Å². The van der Waals surface area contributed by atoms with Gasteiger partial charge in [-0.1, -0.05) is 19.8 Å². The predicted molar refractivity (Wildman–Crippen MR) is 73.2 cm³/mol. The maximum Gasteiger partial charge on any atom is 0.237 e. The minimum Gasteiger partial charge on any atom is -0.355 e. The van der Waals surface area contributed by atoms with Crippen LogP contribution >= 0.6 is 0 Å². The fourth-order valence-corrected chi connectivity index (χ4v) is 2.80. The Bertz CT molecular complexity index is 295. The summed E-state index contributed by atoms with van der Waals surface area (Å²) in [4.78, 5) is 14.1. The molecule has 0 aromatic heterocycles. The van der Waals surface area contributed by atoms with Gasteiger partial charge in [-0.2, -0.15) is 0 Å². The third kappa shape index (κ3) is 3.04. The highest BCUT2D eigenvalue weighted by molar-refractivity contribution is 5.81. The van der Waals surface area contributed by atoms with Gasteiger partial charge in [0.25, 0.3) is 0 Å². The molecule has 0 aromatic carbocycles. The normalized spacial score (nSPS) is 24.4. The Morgan fingerprint density at radius 3 is 2.67 bits per heavy atom. The summed E-state index contributed by atoms with van der Waals surface area (Å²) in [6, 6.07) is -0.0259. The van der Waals surface area contributed by atoms with E-state index >= 15 is 0 Å². The van der Waals surface area contributed by atoms with Crippen molar-refractivity contribution >= 4 is 5.91 Å². The number of unbranched alkanes of at least 4 members (excludes halogenated alkanes) is 2. The summed E-state index contributed by atoms with van der Waals surface area (Å²) < 4.78 is 0. The van der Waals surface area contributed by atoms with Crippen molar-refractivity contribution < 1.29 is 4.79 Å². The summed E-state index contributed by atoms with van der Waals surface area (Å²) in [7, 11) is 0. The summed E-state index contributed by atoms with van der Waals surface area (Å²) in [5, 5.41) is 3.02. The lowest BCUT2D eigenvalue weighted by Gasteiger charge is -2.50. The average Bonchev–Trinajstić information content (AvgIpc) is 3.13. The third-order valence-corrected chi connectivity index (χ3v) is 4.39. The highest BCUT2D eigenvalue weighted by Crippen LogP contribution is 2.43. The van der Waals surface area contributed by atoms with Crippen LogP contribution in [-0.4, -0.2) is 42.0 Å². The Morgan fingerprint density at radius 1 is 1.44 bits per heavy atom. The summed E-state index contributed by atoms with van der Waals surface area (Å²) >= 11 is 0. The summed E-state index contributed by atoms with van der Waals surface area (Å²) in [5.41, 5.74) is 6.31. The van der Waals surface area contributed by atoms with Crippen molar-refractivity contribution in [3.8, 4) is 0 Å². The number of hydrogen-bond donors (Lipinski definition) is 2. The number of nitrogens with one attached hydrogen (secondary N) is 1. The van der Waals surface area contributed by atoms with Crippen LogP contribution in [0.25, 0.3) is 0 Å². The van der Waals surface area contributed by atoms with Crippen molar-refractivity contribution in [1.29, 1.82) is 0 Å². The number of hydrogen-bond acceptors (Lipinski definition) is 3. The lowest BCUT2D eigenvalue weighted by molar-refractivity contribution is -0.129. The molecule has 0 bridgehead atoms. The number of amides is 1. The zero-order valence-corrected chi connectivity index (χ0v) is 11.7. The van der Waals surface area contributed by atoms with Crippen molar-refractivity contribution in [3.63, 3.8) is 0 Å². The molecule has 0 spiro atoms. The van der Waals surface area contributed by atoms with Gasteiger partial charge in [-0.3, -0.25) is 9.69 Å². The monoisotopic (exact) mass is 253 g/mol. The molecular weight excluding hydrogens is 226 g/mol. The van der Waals surface area contributed by atoms with Gasteiger partial charge < -0.3 is 11.1 Å². The fraction of sp³-hybridized carbons (Fsp3) is 0.929. The highest BCUT2D eigenvalue weighted by Gasteiger charge is 2.51. The number of nitrogens with two attached hydrogens (primary N) is 1. The molecule has 1 saturated heterocycles. The SMILES string of the molecule is CCCCCNC(=O)C(C)N1CC(N)(C2CC2)C1. The molecule has 0 aromatic rings. The molecule has 104 valence electrons. The van der Waals surface area contributed by atoms with Gasteiger partial charge in [-0.15, -0.1) is 0 Å². The first-order valence-corrected chi connectivity index (χ1v) is 7.37. The van der Waals surface area contributed by atoms with Gasteiger partial charge in [-0.25, -0.2) is 0 Å². The number of carbonyl (C=O) groups excluding carboxylic acids is 1. The lowest BCUT2D eigenvalue weighted by atomic mass is 9.84. The predicted octanol–water partition coefficient (Wildman–Crippen LogP) is 1.10. The average molecular weight is 253 g/mol. The van der Waals surface area contributed by atoms with Crippen LogP contribution in [0.5, 0.6) is 0 Å². The Hall–Kier alpha value is -0.610. The maximum absolute atomic E-state index is 11.9. The number of rotatable bonds is 7. The van der Waals surface area contributed by atoms with Crippen LogP contribution in [0.3, 0.4) is 0 Å². The van der Waals surface area contributed by atoms with Gasteiger partial charge in [-0.05, 0) is 32.1 Å². The van der Waals surface area contributed by atoms with E-state index in [4.69, 9.17) is 5.73 Å². The third-order valence-electron chi connectivity index (χ3n) is 4.39. The molecule has 1 amide bonds. The van der Waals surface area contributed by atoms with Crippen molar-refractivity contribution in [2.45, 2.75) is 57.5 Å². The highest BCUT2D eigenvalue weighted by atomic mass is 16.2. The van der Waals surface area contributed by atoms with E-state index in [1.54, 1.807) is 0 Å². The Morgan fingerprint density at radius 2 is 2.11 bits per heavy atom. The van der Waals surface area contributed by atoms with Crippen LogP contribution in [-0.2, 0) is 4.79 Å². The molecule has 1 aliphatic carbocycles. The van der Waals surface area contributed by atoms with Crippen LogP contribution in [0.1, 0.15) is 46.0 Å². The number of nitrogens with zero attached hydrogens (tertiary/aromatic N) is 1. The standard InChI is InChI=1S/C14H27N3O/c1-3-4-5-8-16-13(18)11(2)17-9-14(15,10-17)12-6-7-12/h11-12H,3-10,15H2,1-2H3,(H,16,18). The summed E-state index contributed by atoms with van der Waals surface area (Å²) in [6.45, 7) is 6.74. The van der Waals surface area contributed by atoms with Crippen LogP contribution in [0.15, 0.2) is 0 Å². The zero-order chi connectivity index (χ0) is 13.2. The molecule has 2 rings (SSSR count). The first-order chi connectivity index (χ1) is 8.57. The summed E-state index contributed by atoms with van der Waals surface area (Å²) in [5.74, 6) is 0.873. The molecule has 1 heterocycles. The Balaban J connectivity index is 1.65. The largest absolute Gasteiger partial charge is 0.355 e. The first-order valence-electron chi connectivity index (χ1n) is 7.37. The topological polar surface area (TPSA) is 58.4 Å². The zero-order valence-electron chi connectivity index (χ0n) is 11.7. The first kappa shape index (κ1) is 13.8. The van der Waals surface area contributed by atoms with E-state index in [-0.39, 0.29) is 17.5 Å². The van der Waals surface area contributed by atoms with Crippen molar-refractivity contribution in [2.24, 2.45) is 11.7 Å². The maximum atomic E-state index is 11.9. The minimum atomic E-state index is -0.0259. The fourth-order valence-electron chi connectivity index (χ4n) is 2.80. The van der Waals surface area contributed by atoms with Crippen LogP contribution in [0.4, 0.5) is 0 Å². The molecule has 1 saturated carbocycles. The molecule has 4 nitrogen and oxygen atoms in total.